The summed E-state index contributed by atoms with van der Waals surface area (Å²) >= 11 is 0. The van der Waals surface area contributed by atoms with Crippen LogP contribution < -0.4 is 10.0 Å². The standard InChI is InChI=1S/2C8H10N2O3/c2*11-6-7-5-10(8(12)13-7)9-3-1-2-4-9/h2*1-4,7,11H,5-6H2/t2*7-/m10/s1. The average Bonchev–Trinajstić information content (AvgIpc) is 3.42. The number of aliphatic hydroxyl groups is 2. The van der Waals surface area contributed by atoms with Crippen LogP contribution in [0.25, 0.3) is 0 Å². The topological polar surface area (TPSA) is 109 Å². The highest BCUT2D eigenvalue weighted by molar-refractivity contribution is 5.81. The second kappa shape index (κ2) is 7.93. The second-order valence-corrected chi connectivity index (χ2v) is 5.67. The molecule has 140 valence electrons. The third kappa shape index (κ3) is 3.81. The zero-order valence-electron chi connectivity index (χ0n) is 13.9. The van der Waals surface area contributed by atoms with Gasteiger partial charge in [-0.3, -0.25) is 9.35 Å². The van der Waals surface area contributed by atoms with E-state index in [1.807, 2.05) is 24.3 Å². The molecule has 4 heterocycles. The number of hydrogen-bond donors (Lipinski definition) is 2. The zero-order chi connectivity index (χ0) is 18.5. The van der Waals surface area contributed by atoms with Crippen molar-refractivity contribution in [2.75, 3.05) is 36.3 Å². The maximum Gasteiger partial charge on any atom is 0.429 e. The summed E-state index contributed by atoms with van der Waals surface area (Å²) in [5.74, 6) is 0. The molecule has 2 amide bonds. The molecule has 2 N–H and O–H groups in total. The first-order chi connectivity index (χ1) is 12.6. The quantitative estimate of drug-likeness (QED) is 0.783. The van der Waals surface area contributed by atoms with Crippen molar-refractivity contribution in [2.24, 2.45) is 0 Å². The Bertz CT molecular complexity index is 655. The van der Waals surface area contributed by atoms with Gasteiger partial charge in [0.25, 0.3) is 0 Å². The van der Waals surface area contributed by atoms with E-state index < -0.39 is 24.4 Å². The molecule has 0 saturated carbocycles. The Balaban J connectivity index is 0.000000151. The third-order valence-corrected chi connectivity index (χ3v) is 3.85. The van der Waals surface area contributed by atoms with Gasteiger partial charge in [0.2, 0.25) is 0 Å². The number of rotatable bonds is 4. The van der Waals surface area contributed by atoms with Gasteiger partial charge in [-0.05, 0) is 24.3 Å². The van der Waals surface area contributed by atoms with E-state index in [0.29, 0.717) is 13.1 Å². The predicted molar refractivity (Wildman–Crippen MR) is 89.7 cm³/mol. The zero-order valence-corrected chi connectivity index (χ0v) is 13.9. The smallest absolute Gasteiger partial charge is 0.429 e. The van der Waals surface area contributed by atoms with Crippen LogP contribution in [0.4, 0.5) is 9.59 Å². The summed E-state index contributed by atoms with van der Waals surface area (Å²) in [6.45, 7) is 0.515. The molecule has 2 aromatic heterocycles. The number of amides is 2. The summed E-state index contributed by atoms with van der Waals surface area (Å²) in [7, 11) is 0. The molecule has 2 aliphatic heterocycles. The van der Waals surface area contributed by atoms with Gasteiger partial charge in [0.15, 0.2) is 0 Å². The molecule has 10 heteroatoms. The molecule has 2 atom stereocenters. The minimum absolute atomic E-state index is 0.135. The van der Waals surface area contributed by atoms with E-state index in [-0.39, 0.29) is 13.2 Å². The molecular weight excluding hydrogens is 344 g/mol. The maximum absolute atomic E-state index is 11.2. The highest BCUT2D eigenvalue weighted by Gasteiger charge is 2.32. The van der Waals surface area contributed by atoms with Gasteiger partial charge < -0.3 is 19.7 Å². The number of aliphatic hydroxyl groups excluding tert-OH is 2. The Kier molecular flexibility index (Phi) is 5.44. The van der Waals surface area contributed by atoms with Crippen molar-refractivity contribution in [3.05, 3.63) is 49.1 Å². The van der Waals surface area contributed by atoms with Crippen LogP contribution in [0.5, 0.6) is 0 Å². The lowest BCUT2D eigenvalue weighted by atomic mass is 10.4. The maximum atomic E-state index is 11.2. The number of carbonyl (C=O) groups is 2. The van der Waals surface area contributed by atoms with Crippen LogP contribution in [0.3, 0.4) is 0 Å². The van der Waals surface area contributed by atoms with Crippen LogP contribution in [0, 0.1) is 0 Å². The van der Waals surface area contributed by atoms with Gasteiger partial charge in [-0.15, -0.1) is 0 Å². The average molecular weight is 364 g/mol. The lowest BCUT2D eigenvalue weighted by Crippen LogP contribution is -2.35. The van der Waals surface area contributed by atoms with E-state index in [2.05, 4.69) is 0 Å². The number of hydrogen-bond acceptors (Lipinski definition) is 6. The normalized spacial score (nSPS) is 22.1. The van der Waals surface area contributed by atoms with Gasteiger partial charge in [0.1, 0.15) is 12.2 Å². The van der Waals surface area contributed by atoms with Crippen molar-refractivity contribution in [2.45, 2.75) is 12.2 Å². The fraction of sp³-hybridized carbons (Fsp3) is 0.375. The summed E-state index contributed by atoms with van der Waals surface area (Å²) in [5.41, 5.74) is 0. The van der Waals surface area contributed by atoms with Gasteiger partial charge in [-0.2, -0.15) is 0 Å². The van der Waals surface area contributed by atoms with Crippen molar-refractivity contribution in [3.8, 4) is 0 Å². The van der Waals surface area contributed by atoms with Crippen molar-refractivity contribution in [3.63, 3.8) is 0 Å². The van der Waals surface area contributed by atoms with Crippen LogP contribution in [0.15, 0.2) is 49.1 Å². The minimum Gasteiger partial charge on any atom is -0.440 e. The van der Waals surface area contributed by atoms with Gasteiger partial charge in [-0.25, -0.2) is 19.6 Å². The minimum atomic E-state index is -0.421. The largest absolute Gasteiger partial charge is 0.440 e. The summed E-state index contributed by atoms with van der Waals surface area (Å²) in [5, 5.41) is 20.4. The number of carbonyl (C=O) groups excluding carboxylic acids is 2. The number of ether oxygens (including phenoxy) is 2. The molecule has 2 aliphatic rings. The lowest BCUT2D eigenvalue weighted by Gasteiger charge is -2.13. The van der Waals surface area contributed by atoms with Crippen LogP contribution in [0.1, 0.15) is 0 Å². The first-order valence-electron chi connectivity index (χ1n) is 8.07. The van der Waals surface area contributed by atoms with E-state index in [9.17, 15) is 9.59 Å². The van der Waals surface area contributed by atoms with E-state index in [4.69, 9.17) is 19.7 Å². The predicted octanol–water partition coefficient (Wildman–Crippen LogP) is -0.126. The van der Waals surface area contributed by atoms with E-state index in [1.165, 1.54) is 10.0 Å². The molecule has 4 rings (SSSR count). The first kappa shape index (κ1) is 17.8. The Morgan fingerprint density at radius 1 is 0.769 bits per heavy atom. The molecule has 2 fully saturated rings. The number of nitrogens with zero attached hydrogens (tertiary/aromatic N) is 4. The fourth-order valence-electron chi connectivity index (χ4n) is 2.56. The monoisotopic (exact) mass is 364 g/mol. The molecule has 0 spiro atoms. The highest BCUT2D eigenvalue weighted by atomic mass is 16.6. The molecule has 10 nitrogen and oxygen atoms in total. The SMILES string of the molecule is O=C1O[C@@H](CO)CN1n1cccc1.O=C1O[C@H](CO)CN1n1cccc1. The molecule has 2 saturated heterocycles. The van der Waals surface area contributed by atoms with Gasteiger partial charge in [0.05, 0.1) is 26.3 Å². The lowest BCUT2D eigenvalue weighted by molar-refractivity contribution is 0.0959. The molecule has 2 aromatic rings. The van der Waals surface area contributed by atoms with E-state index in [0.717, 1.165) is 0 Å². The number of cyclic esters (lactones) is 2. The van der Waals surface area contributed by atoms with Crippen molar-refractivity contribution in [1.82, 2.24) is 9.35 Å². The molecular formula is C16H20N4O6. The Hall–Kier alpha value is -2.98. The van der Waals surface area contributed by atoms with Crippen molar-refractivity contribution in [1.29, 1.82) is 0 Å². The van der Waals surface area contributed by atoms with Crippen molar-refractivity contribution < 1.29 is 29.3 Å². The molecule has 0 aromatic carbocycles. The Labute approximate surface area is 149 Å². The number of aromatic nitrogens is 2. The summed E-state index contributed by atoms with van der Waals surface area (Å²) < 4.78 is 13.0. The molecule has 26 heavy (non-hydrogen) atoms. The van der Waals surface area contributed by atoms with E-state index in [1.54, 1.807) is 34.1 Å². The Morgan fingerprint density at radius 2 is 1.12 bits per heavy atom. The van der Waals surface area contributed by atoms with E-state index >= 15 is 0 Å². The molecule has 0 radical (unpaired) electrons. The van der Waals surface area contributed by atoms with Gasteiger partial charge in [0, 0.05) is 24.8 Å². The van der Waals surface area contributed by atoms with Crippen LogP contribution in [0.2, 0.25) is 0 Å². The third-order valence-electron chi connectivity index (χ3n) is 3.85. The molecule has 0 aliphatic carbocycles. The van der Waals surface area contributed by atoms with Gasteiger partial charge >= 0.3 is 12.2 Å². The van der Waals surface area contributed by atoms with Crippen molar-refractivity contribution >= 4 is 12.2 Å². The Morgan fingerprint density at radius 3 is 1.38 bits per heavy atom. The van der Waals surface area contributed by atoms with Crippen LogP contribution in [-0.4, -0.2) is 70.3 Å². The highest BCUT2D eigenvalue weighted by Crippen LogP contribution is 2.10. The van der Waals surface area contributed by atoms with Crippen LogP contribution in [-0.2, 0) is 9.47 Å². The molecule has 0 bridgehead atoms. The summed E-state index contributed by atoms with van der Waals surface area (Å²) in [4.78, 5) is 22.4. The van der Waals surface area contributed by atoms with Gasteiger partial charge in [-0.1, -0.05) is 0 Å². The molecule has 0 unspecified atom stereocenters. The summed E-state index contributed by atoms with van der Waals surface area (Å²) in [6, 6.07) is 7.28. The van der Waals surface area contributed by atoms with Crippen LogP contribution >= 0.6 is 0 Å². The second-order valence-electron chi connectivity index (χ2n) is 5.67. The first-order valence-corrected chi connectivity index (χ1v) is 8.07. The summed E-state index contributed by atoms with van der Waals surface area (Å²) in [6.07, 6.45) is 5.35. The fourth-order valence-corrected chi connectivity index (χ4v) is 2.56.